The number of aromatic nitrogens is 2. The van der Waals surface area contributed by atoms with E-state index in [1.165, 1.54) is 0 Å². The van der Waals surface area contributed by atoms with Gasteiger partial charge in [-0.05, 0) is 23.3 Å². The first-order chi connectivity index (χ1) is 14.0. The van der Waals surface area contributed by atoms with Gasteiger partial charge in [-0.2, -0.15) is 5.10 Å². The molecule has 0 fully saturated rings. The van der Waals surface area contributed by atoms with E-state index in [0.717, 1.165) is 16.8 Å². The van der Waals surface area contributed by atoms with Crippen LogP contribution in [0, 0.1) is 0 Å². The molecule has 0 unspecified atom stereocenters. The van der Waals surface area contributed by atoms with Crippen molar-refractivity contribution in [1.29, 1.82) is 0 Å². The minimum Gasteiger partial charge on any atom is -0.378 e. The van der Waals surface area contributed by atoms with E-state index in [0.29, 0.717) is 12.4 Å². The van der Waals surface area contributed by atoms with Crippen molar-refractivity contribution in [2.75, 3.05) is 30.9 Å². The standard InChI is InChI=1S/C22H25N5O2/c1-26(2)19-10-8-18(9-11-19)16-27-20(12-13-24-27)25-22(29)15-23-21(28)14-17-6-4-3-5-7-17/h3-13H,14-16H2,1-2H3,(H,23,28)(H,25,29). The Balaban J connectivity index is 1.51. The summed E-state index contributed by atoms with van der Waals surface area (Å²) in [6.07, 6.45) is 1.88. The third kappa shape index (κ3) is 5.93. The summed E-state index contributed by atoms with van der Waals surface area (Å²) in [7, 11) is 3.99. The molecule has 2 N–H and O–H groups in total. The van der Waals surface area contributed by atoms with Crippen molar-refractivity contribution in [2.45, 2.75) is 13.0 Å². The van der Waals surface area contributed by atoms with E-state index in [9.17, 15) is 9.59 Å². The zero-order valence-electron chi connectivity index (χ0n) is 16.6. The molecule has 7 heteroatoms. The van der Waals surface area contributed by atoms with Crippen LogP contribution in [0.4, 0.5) is 11.5 Å². The third-order valence-electron chi connectivity index (χ3n) is 4.42. The molecule has 7 nitrogen and oxygen atoms in total. The summed E-state index contributed by atoms with van der Waals surface area (Å²) in [6.45, 7) is 0.449. The van der Waals surface area contributed by atoms with Gasteiger partial charge in [0.25, 0.3) is 0 Å². The number of amides is 2. The molecule has 0 aliphatic carbocycles. The second-order valence-electron chi connectivity index (χ2n) is 6.92. The van der Waals surface area contributed by atoms with Gasteiger partial charge in [-0.25, -0.2) is 4.68 Å². The van der Waals surface area contributed by atoms with Crippen LogP contribution in [-0.4, -0.2) is 42.2 Å². The number of nitrogens with one attached hydrogen (secondary N) is 2. The number of benzene rings is 2. The summed E-state index contributed by atoms with van der Waals surface area (Å²) in [6, 6.07) is 19.3. The minimum absolute atomic E-state index is 0.0889. The maximum atomic E-state index is 12.2. The molecule has 1 aromatic heterocycles. The number of anilines is 2. The summed E-state index contributed by atoms with van der Waals surface area (Å²) >= 11 is 0. The van der Waals surface area contributed by atoms with Crippen molar-refractivity contribution < 1.29 is 9.59 Å². The van der Waals surface area contributed by atoms with Gasteiger partial charge in [0.15, 0.2) is 0 Å². The molecule has 150 valence electrons. The molecule has 2 aromatic carbocycles. The topological polar surface area (TPSA) is 79.3 Å². The Morgan fingerprint density at radius 1 is 0.931 bits per heavy atom. The van der Waals surface area contributed by atoms with Gasteiger partial charge in [-0.1, -0.05) is 42.5 Å². The quantitative estimate of drug-likeness (QED) is 0.618. The molecular formula is C22H25N5O2. The Morgan fingerprint density at radius 3 is 2.34 bits per heavy atom. The van der Waals surface area contributed by atoms with E-state index in [1.54, 1.807) is 16.9 Å². The minimum atomic E-state index is -0.295. The van der Waals surface area contributed by atoms with Gasteiger partial charge in [0.1, 0.15) is 5.82 Å². The van der Waals surface area contributed by atoms with E-state index in [2.05, 4.69) is 15.7 Å². The van der Waals surface area contributed by atoms with Crippen LogP contribution in [0.1, 0.15) is 11.1 Å². The fourth-order valence-electron chi connectivity index (χ4n) is 2.85. The van der Waals surface area contributed by atoms with Crippen LogP contribution in [-0.2, 0) is 22.6 Å². The summed E-state index contributed by atoms with van der Waals surface area (Å²) in [4.78, 5) is 26.2. The lowest BCUT2D eigenvalue weighted by atomic mass is 10.1. The van der Waals surface area contributed by atoms with Crippen molar-refractivity contribution in [3.05, 3.63) is 78.0 Å². The van der Waals surface area contributed by atoms with Gasteiger partial charge in [0, 0.05) is 25.8 Å². The predicted molar refractivity (Wildman–Crippen MR) is 114 cm³/mol. The van der Waals surface area contributed by atoms with E-state index in [-0.39, 0.29) is 24.8 Å². The van der Waals surface area contributed by atoms with Crippen LogP contribution in [0.5, 0.6) is 0 Å². The lowest BCUT2D eigenvalue weighted by molar-refractivity contribution is -0.123. The van der Waals surface area contributed by atoms with E-state index in [1.807, 2.05) is 73.6 Å². The molecular weight excluding hydrogens is 366 g/mol. The van der Waals surface area contributed by atoms with Crippen molar-refractivity contribution in [3.8, 4) is 0 Å². The van der Waals surface area contributed by atoms with Crippen molar-refractivity contribution in [1.82, 2.24) is 15.1 Å². The largest absolute Gasteiger partial charge is 0.378 e. The maximum absolute atomic E-state index is 12.2. The first kappa shape index (κ1) is 20.1. The molecule has 0 spiro atoms. The first-order valence-corrected chi connectivity index (χ1v) is 9.40. The fourth-order valence-corrected chi connectivity index (χ4v) is 2.85. The normalized spacial score (nSPS) is 10.4. The molecule has 29 heavy (non-hydrogen) atoms. The van der Waals surface area contributed by atoms with E-state index in [4.69, 9.17) is 0 Å². The molecule has 0 radical (unpaired) electrons. The SMILES string of the molecule is CN(C)c1ccc(Cn2nccc2NC(=O)CNC(=O)Cc2ccccc2)cc1. The Labute approximate surface area is 170 Å². The number of carbonyl (C=O) groups excluding carboxylic acids is 2. The van der Waals surface area contributed by atoms with E-state index >= 15 is 0 Å². The van der Waals surface area contributed by atoms with Crippen LogP contribution in [0.15, 0.2) is 66.9 Å². The van der Waals surface area contributed by atoms with Crippen molar-refractivity contribution in [2.24, 2.45) is 0 Å². The highest BCUT2D eigenvalue weighted by atomic mass is 16.2. The fraction of sp³-hybridized carbons (Fsp3) is 0.227. The number of carbonyl (C=O) groups is 2. The summed E-state index contributed by atoms with van der Waals surface area (Å²) in [5, 5.41) is 9.72. The van der Waals surface area contributed by atoms with Crippen LogP contribution in [0.3, 0.4) is 0 Å². The number of rotatable bonds is 8. The van der Waals surface area contributed by atoms with Crippen LogP contribution < -0.4 is 15.5 Å². The molecule has 2 amide bonds. The lowest BCUT2D eigenvalue weighted by Gasteiger charge is -2.13. The number of hydrogen-bond acceptors (Lipinski definition) is 4. The highest BCUT2D eigenvalue weighted by molar-refractivity contribution is 5.94. The number of nitrogens with zero attached hydrogens (tertiary/aromatic N) is 3. The van der Waals surface area contributed by atoms with Gasteiger partial charge in [-0.3, -0.25) is 9.59 Å². The lowest BCUT2D eigenvalue weighted by Crippen LogP contribution is -2.34. The van der Waals surface area contributed by atoms with Crippen LogP contribution in [0.25, 0.3) is 0 Å². The van der Waals surface area contributed by atoms with Gasteiger partial charge >= 0.3 is 0 Å². The van der Waals surface area contributed by atoms with Gasteiger partial charge in [0.05, 0.1) is 25.7 Å². The monoisotopic (exact) mass is 391 g/mol. The van der Waals surface area contributed by atoms with Crippen LogP contribution in [0.2, 0.25) is 0 Å². The summed E-state index contributed by atoms with van der Waals surface area (Å²) in [5.41, 5.74) is 3.10. The smallest absolute Gasteiger partial charge is 0.244 e. The molecule has 1 heterocycles. The van der Waals surface area contributed by atoms with Gasteiger partial charge < -0.3 is 15.5 Å². The van der Waals surface area contributed by atoms with E-state index < -0.39 is 0 Å². The predicted octanol–water partition coefficient (Wildman–Crippen LogP) is 2.29. The Morgan fingerprint density at radius 2 is 1.66 bits per heavy atom. The van der Waals surface area contributed by atoms with Crippen molar-refractivity contribution >= 4 is 23.3 Å². The molecule has 0 bridgehead atoms. The molecule has 0 atom stereocenters. The molecule has 3 aromatic rings. The van der Waals surface area contributed by atoms with Gasteiger partial charge in [0.2, 0.25) is 11.8 Å². The first-order valence-electron chi connectivity index (χ1n) is 9.40. The highest BCUT2D eigenvalue weighted by Gasteiger charge is 2.10. The molecule has 0 saturated carbocycles. The second kappa shape index (κ2) is 9.54. The van der Waals surface area contributed by atoms with Gasteiger partial charge in [-0.15, -0.1) is 0 Å². The highest BCUT2D eigenvalue weighted by Crippen LogP contribution is 2.15. The van der Waals surface area contributed by atoms with Crippen molar-refractivity contribution in [3.63, 3.8) is 0 Å². The molecule has 0 saturated heterocycles. The third-order valence-corrected chi connectivity index (χ3v) is 4.42. The average Bonchev–Trinajstić information content (AvgIpc) is 3.14. The molecule has 0 aliphatic heterocycles. The maximum Gasteiger partial charge on any atom is 0.244 e. The number of hydrogen-bond donors (Lipinski definition) is 2. The second-order valence-corrected chi connectivity index (χ2v) is 6.92. The zero-order valence-corrected chi connectivity index (χ0v) is 16.6. The Kier molecular flexibility index (Phi) is 6.63. The Bertz CT molecular complexity index is 949. The summed E-state index contributed by atoms with van der Waals surface area (Å²) in [5.74, 6) is 0.0981. The van der Waals surface area contributed by atoms with Crippen LogP contribution >= 0.6 is 0 Å². The average molecular weight is 391 g/mol. The Hall–Kier alpha value is -3.61. The molecule has 0 aliphatic rings. The summed E-state index contributed by atoms with van der Waals surface area (Å²) < 4.78 is 1.72. The molecule has 3 rings (SSSR count). The zero-order chi connectivity index (χ0) is 20.6.